The monoisotopic (exact) mass is 390 g/mol. The Balaban J connectivity index is 1.38. The zero-order valence-electron chi connectivity index (χ0n) is 16.9. The summed E-state index contributed by atoms with van der Waals surface area (Å²) in [6.07, 6.45) is 2.75. The Morgan fingerprint density at radius 3 is 2.28 bits per heavy atom. The Morgan fingerprint density at radius 2 is 1.62 bits per heavy atom. The third-order valence-electron chi connectivity index (χ3n) is 5.21. The third-order valence-corrected chi connectivity index (χ3v) is 5.21. The predicted octanol–water partition coefficient (Wildman–Crippen LogP) is 3.51. The largest absolute Gasteiger partial charge is 0.497 e. The molecular weight excluding hydrogens is 364 g/mol. The van der Waals surface area contributed by atoms with Crippen LogP contribution in [0.15, 0.2) is 54.7 Å². The van der Waals surface area contributed by atoms with Crippen molar-refractivity contribution in [3.05, 3.63) is 60.3 Å². The highest BCUT2D eigenvalue weighted by Gasteiger charge is 2.19. The lowest BCUT2D eigenvalue weighted by atomic mass is 10.1. The average Bonchev–Trinajstić information content (AvgIpc) is 2.80. The fourth-order valence-electron chi connectivity index (χ4n) is 3.44. The molecule has 2 aromatic carbocycles. The summed E-state index contributed by atoms with van der Waals surface area (Å²) in [5.41, 5.74) is 3.48. The van der Waals surface area contributed by atoms with Gasteiger partial charge in [-0.3, -0.25) is 0 Å². The molecule has 1 N–H and O–H groups in total. The van der Waals surface area contributed by atoms with Gasteiger partial charge in [0.15, 0.2) is 5.82 Å². The van der Waals surface area contributed by atoms with E-state index >= 15 is 0 Å². The van der Waals surface area contributed by atoms with Gasteiger partial charge in [0.05, 0.1) is 13.3 Å². The molecule has 0 bridgehead atoms. The summed E-state index contributed by atoms with van der Waals surface area (Å²) >= 11 is 0. The van der Waals surface area contributed by atoms with Crippen LogP contribution in [0.2, 0.25) is 0 Å². The molecule has 4 rings (SSSR count). The Morgan fingerprint density at radius 1 is 0.931 bits per heavy atom. The molecule has 7 nitrogen and oxygen atoms in total. The Labute approximate surface area is 171 Å². The van der Waals surface area contributed by atoms with E-state index in [1.807, 2.05) is 24.3 Å². The van der Waals surface area contributed by atoms with Crippen molar-refractivity contribution in [2.45, 2.75) is 13.3 Å². The molecular formula is C22H26N6O. The van der Waals surface area contributed by atoms with Gasteiger partial charge in [0, 0.05) is 37.6 Å². The molecule has 150 valence electrons. The second-order valence-corrected chi connectivity index (χ2v) is 6.99. The fraction of sp³-hybridized carbons (Fsp3) is 0.318. The van der Waals surface area contributed by atoms with Gasteiger partial charge in [-0.1, -0.05) is 19.1 Å². The van der Waals surface area contributed by atoms with E-state index in [9.17, 15) is 0 Å². The lowest BCUT2D eigenvalue weighted by molar-refractivity contribution is 0.415. The zero-order valence-corrected chi connectivity index (χ0v) is 16.9. The van der Waals surface area contributed by atoms with Crippen LogP contribution in [0.5, 0.6) is 5.75 Å². The normalized spacial score (nSPS) is 14.0. The molecule has 1 fully saturated rings. The summed E-state index contributed by atoms with van der Waals surface area (Å²) < 4.78 is 5.24. The van der Waals surface area contributed by atoms with Crippen LogP contribution in [0.1, 0.15) is 12.5 Å². The first-order chi connectivity index (χ1) is 14.2. The topological polar surface area (TPSA) is 66.4 Å². The number of rotatable bonds is 6. The van der Waals surface area contributed by atoms with Gasteiger partial charge in [-0.25, -0.2) is 0 Å². The molecule has 0 radical (unpaired) electrons. The second-order valence-electron chi connectivity index (χ2n) is 6.99. The number of ether oxygens (including phenoxy) is 1. The fourth-order valence-corrected chi connectivity index (χ4v) is 3.44. The molecule has 0 atom stereocenters. The maximum atomic E-state index is 5.24. The quantitative estimate of drug-likeness (QED) is 0.691. The van der Waals surface area contributed by atoms with Crippen molar-refractivity contribution in [3.8, 4) is 5.75 Å². The number of nitrogens with zero attached hydrogens (tertiary/aromatic N) is 5. The number of hydrogen-bond acceptors (Lipinski definition) is 7. The lowest BCUT2D eigenvalue weighted by Crippen LogP contribution is -2.46. The van der Waals surface area contributed by atoms with Crippen molar-refractivity contribution < 1.29 is 4.74 Å². The second kappa shape index (κ2) is 8.77. The minimum Gasteiger partial charge on any atom is -0.497 e. The highest BCUT2D eigenvalue weighted by atomic mass is 16.5. The minimum absolute atomic E-state index is 0.518. The van der Waals surface area contributed by atoms with Gasteiger partial charge < -0.3 is 19.9 Å². The zero-order chi connectivity index (χ0) is 20.1. The highest BCUT2D eigenvalue weighted by Crippen LogP contribution is 2.22. The van der Waals surface area contributed by atoms with E-state index in [2.05, 4.69) is 61.5 Å². The van der Waals surface area contributed by atoms with Crippen molar-refractivity contribution in [2.75, 3.05) is 48.4 Å². The Bertz CT molecular complexity index is 921. The molecule has 1 aromatic heterocycles. The molecule has 3 aromatic rings. The van der Waals surface area contributed by atoms with Crippen molar-refractivity contribution in [1.82, 2.24) is 15.2 Å². The number of methoxy groups -OCH3 is 1. The van der Waals surface area contributed by atoms with E-state index in [-0.39, 0.29) is 0 Å². The van der Waals surface area contributed by atoms with Crippen LogP contribution in [0.4, 0.5) is 23.1 Å². The van der Waals surface area contributed by atoms with Crippen molar-refractivity contribution in [3.63, 3.8) is 0 Å². The maximum absolute atomic E-state index is 5.24. The third kappa shape index (κ3) is 4.56. The first-order valence-electron chi connectivity index (χ1n) is 9.95. The van der Waals surface area contributed by atoms with Crippen LogP contribution >= 0.6 is 0 Å². The molecule has 29 heavy (non-hydrogen) atoms. The van der Waals surface area contributed by atoms with E-state index in [1.165, 1.54) is 11.3 Å². The first-order valence-corrected chi connectivity index (χ1v) is 9.95. The molecule has 0 spiro atoms. The minimum atomic E-state index is 0.518. The summed E-state index contributed by atoms with van der Waals surface area (Å²) in [7, 11) is 1.69. The van der Waals surface area contributed by atoms with Crippen LogP contribution in [-0.4, -0.2) is 48.5 Å². The van der Waals surface area contributed by atoms with E-state index < -0.39 is 0 Å². The molecule has 0 unspecified atom stereocenters. The number of aryl methyl sites for hydroxylation is 1. The molecule has 1 saturated heterocycles. The standard InChI is InChI=1S/C22H26N6O/c1-3-17-4-6-18(7-5-17)24-22-25-21(16-23-26-22)28-14-12-27(13-15-28)19-8-10-20(29-2)11-9-19/h4-11,16H,3,12-15H2,1-2H3,(H,24,25,26). The van der Waals surface area contributed by atoms with Crippen molar-refractivity contribution in [1.29, 1.82) is 0 Å². The van der Waals surface area contributed by atoms with Crippen LogP contribution in [0.25, 0.3) is 0 Å². The van der Waals surface area contributed by atoms with Crippen LogP contribution in [0, 0.1) is 0 Å². The van der Waals surface area contributed by atoms with E-state index in [4.69, 9.17) is 4.74 Å². The maximum Gasteiger partial charge on any atom is 0.249 e. The average molecular weight is 390 g/mol. The molecule has 2 heterocycles. The summed E-state index contributed by atoms with van der Waals surface area (Å²) in [4.78, 5) is 9.28. The van der Waals surface area contributed by atoms with Gasteiger partial charge in [-0.15, -0.1) is 5.10 Å². The van der Waals surface area contributed by atoms with Gasteiger partial charge in [0.2, 0.25) is 5.95 Å². The molecule has 0 amide bonds. The Hall–Kier alpha value is -3.35. The Kier molecular flexibility index (Phi) is 5.74. The number of aromatic nitrogens is 3. The molecule has 1 aliphatic rings. The molecule has 0 saturated carbocycles. The summed E-state index contributed by atoms with van der Waals surface area (Å²) in [5, 5.41) is 11.5. The van der Waals surface area contributed by atoms with E-state index in [0.717, 1.165) is 49.9 Å². The summed E-state index contributed by atoms with van der Waals surface area (Å²) in [6.45, 7) is 5.77. The van der Waals surface area contributed by atoms with Crippen LogP contribution in [-0.2, 0) is 6.42 Å². The van der Waals surface area contributed by atoms with E-state index in [1.54, 1.807) is 13.3 Å². The van der Waals surface area contributed by atoms with Crippen molar-refractivity contribution >= 4 is 23.1 Å². The first kappa shape index (κ1) is 19.0. The van der Waals surface area contributed by atoms with Crippen LogP contribution in [0.3, 0.4) is 0 Å². The summed E-state index contributed by atoms with van der Waals surface area (Å²) in [5.74, 6) is 2.25. The highest BCUT2D eigenvalue weighted by molar-refractivity contribution is 5.55. The van der Waals surface area contributed by atoms with Gasteiger partial charge in [0.1, 0.15) is 5.75 Å². The van der Waals surface area contributed by atoms with E-state index in [0.29, 0.717) is 5.95 Å². The van der Waals surface area contributed by atoms with Gasteiger partial charge in [-0.05, 0) is 48.4 Å². The number of piperazine rings is 1. The lowest BCUT2D eigenvalue weighted by Gasteiger charge is -2.36. The van der Waals surface area contributed by atoms with Crippen molar-refractivity contribution in [2.24, 2.45) is 0 Å². The number of nitrogens with one attached hydrogen (secondary N) is 1. The SMILES string of the molecule is CCc1ccc(Nc2nncc(N3CCN(c4ccc(OC)cc4)CC3)n2)cc1. The smallest absolute Gasteiger partial charge is 0.249 e. The molecule has 0 aliphatic carbocycles. The summed E-state index contributed by atoms with van der Waals surface area (Å²) in [6, 6.07) is 16.5. The number of benzene rings is 2. The van der Waals surface area contributed by atoms with Gasteiger partial charge in [0.25, 0.3) is 0 Å². The number of anilines is 4. The molecule has 7 heteroatoms. The predicted molar refractivity (Wildman–Crippen MR) is 116 cm³/mol. The van der Waals surface area contributed by atoms with Gasteiger partial charge in [-0.2, -0.15) is 10.1 Å². The van der Waals surface area contributed by atoms with Crippen LogP contribution < -0.4 is 19.9 Å². The number of hydrogen-bond donors (Lipinski definition) is 1. The van der Waals surface area contributed by atoms with Gasteiger partial charge >= 0.3 is 0 Å². The molecule has 1 aliphatic heterocycles.